The Labute approximate surface area is 320 Å². The molecule has 4 heteroatoms. The molecule has 10 rings (SSSR count). The molecule has 0 fully saturated rings. The van der Waals surface area contributed by atoms with Gasteiger partial charge in [0.05, 0.1) is 28.5 Å². The number of aromatic nitrogens is 2. The van der Waals surface area contributed by atoms with Crippen LogP contribution in [0, 0.1) is 0 Å². The van der Waals surface area contributed by atoms with Crippen molar-refractivity contribution in [2.45, 2.75) is 6.42 Å². The van der Waals surface area contributed by atoms with Crippen molar-refractivity contribution in [2.75, 3.05) is 0 Å². The molecule has 0 amide bonds. The molecule has 55 heavy (non-hydrogen) atoms. The van der Waals surface area contributed by atoms with Crippen LogP contribution < -0.4 is 10.7 Å². The number of benzene rings is 5. The number of allylic oxidation sites excluding steroid dienone is 4. The summed E-state index contributed by atoms with van der Waals surface area (Å²) in [6.45, 7) is 0. The van der Waals surface area contributed by atoms with Crippen molar-refractivity contribution in [2.24, 2.45) is 9.98 Å². The van der Waals surface area contributed by atoms with Gasteiger partial charge in [-0.15, -0.1) is 0 Å². The molecule has 0 saturated heterocycles. The van der Waals surface area contributed by atoms with Gasteiger partial charge in [0.1, 0.15) is 0 Å². The molecular weight excluding hydrogens is 669 g/mol. The normalized spacial score (nSPS) is 14.8. The topological polar surface area (TPSA) is 56.3 Å². The first-order valence-electron chi connectivity index (χ1n) is 18.7. The second-order valence-corrected chi connectivity index (χ2v) is 13.9. The van der Waals surface area contributed by atoms with E-state index in [0.717, 1.165) is 95.7 Å². The number of nitrogens with zero attached hydrogens (tertiary/aromatic N) is 2. The number of fused-ring (bicyclic) bond motifs is 6. The highest BCUT2D eigenvalue weighted by atomic mass is 14.8. The first-order valence-corrected chi connectivity index (χ1v) is 18.7. The lowest BCUT2D eigenvalue weighted by Gasteiger charge is -2.16. The Kier molecular flexibility index (Phi) is 8.19. The minimum Gasteiger partial charge on any atom is -0.360 e. The number of rotatable bonds is 6. The van der Waals surface area contributed by atoms with E-state index in [1.54, 1.807) is 0 Å². The van der Waals surface area contributed by atoms with E-state index >= 15 is 0 Å². The van der Waals surface area contributed by atoms with Gasteiger partial charge in [-0.2, -0.15) is 0 Å². The van der Waals surface area contributed by atoms with Gasteiger partial charge in [-0.05, 0) is 69.8 Å². The first kappa shape index (κ1) is 32.4. The maximum atomic E-state index is 5.50. The minimum atomic E-state index is 0.718. The van der Waals surface area contributed by atoms with Crippen LogP contribution in [0.25, 0.3) is 22.3 Å². The molecule has 3 aliphatic rings. The van der Waals surface area contributed by atoms with Crippen molar-refractivity contribution in [1.82, 2.24) is 9.97 Å². The van der Waals surface area contributed by atoms with E-state index in [4.69, 9.17) is 9.98 Å². The van der Waals surface area contributed by atoms with Gasteiger partial charge in [0, 0.05) is 51.2 Å². The molecule has 0 unspecified atom stereocenters. The summed E-state index contributed by atoms with van der Waals surface area (Å²) in [4.78, 5) is 18.7. The average Bonchev–Trinajstić information content (AvgIpc) is 4.08. The Morgan fingerprint density at radius 2 is 0.818 bits per heavy atom. The van der Waals surface area contributed by atoms with Gasteiger partial charge in [0.2, 0.25) is 0 Å². The van der Waals surface area contributed by atoms with Crippen LogP contribution in [0.4, 0.5) is 0 Å². The van der Waals surface area contributed by atoms with E-state index in [1.807, 2.05) is 0 Å². The third-order valence-electron chi connectivity index (χ3n) is 10.5. The highest BCUT2D eigenvalue weighted by Crippen LogP contribution is 2.40. The molecule has 0 atom stereocenters. The number of H-pyrrole nitrogens is 2. The molecule has 0 saturated carbocycles. The zero-order valence-corrected chi connectivity index (χ0v) is 30.1. The minimum absolute atomic E-state index is 0.718. The van der Waals surface area contributed by atoms with Crippen LogP contribution in [0.5, 0.6) is 0 Å². The summed E-state index contributed by atoms with van der Waals surface area (Å²) in [6.07, 6.45) is 11.6. The van der Waals surface area contributed by atoms with Crippen LogP contribution in [0.3, 0.4) is 0 Å². The number of hydrogen-bond acceptors (Lipinski definition) is 2. The van der Waals surface area contributed by atoms with E-state index in [9.17, 15) is 0 Å². The third kappa shape index (κ3) is 6.00. The number of aromatic amines is 2. The van der Waals surface area contributed by atoms with Crippen LogP contribution in [-0.2, 0) is 6.42 Å². The fraction of sp³-hybridized carbons (Fsp3) is 0.0196. The lowest BCUT2D eigenvalue weighted by atomic mass is 9.88. The molecule has 0 radical (unpaired) electrons. The van der Waals surface area contributed by atoms with Crippen molar-refractivity contribution < 1.29 is 0 Å². The van der Waals surface area contributed by atoms with Crippen LogP contribution in [0.1, 0.15) is 44.6 Å². The fourth-order valence-electron chi connectivity index (χ4n) is 8.01. The van der Waals surface area contributed by atoms with Gasteiger partial charge in [-0.1, -0.05) is 152 Å². The van der Waals surface area contributed by atoms with E-state index in [0.29, 0.717) is 0 Å². The van der Waals surface area contributed by atoms with E-state index < -0.39 is 0 Å². The quantitative estimate of drug-likeness (QED) is 0.173. The zero-order chi connectivity index (χ0) is 36.6. The monoisotopic (exact) mass is 704 g/mol. The molecule has 5 heterocycles. The third-order valence-corrected chi connectivity index (χ3v) is 10.5. The summed E-state index contributed by atoms with van der Waals surface area (Å²) in [6, 6.07) is 57.5. The zero-order valence-electron chi connectivity index (χ0n) is 30.1. The fourth-order valence-corrected chi connectivity index (χ4v) is 8.01. The predicted octanol–water partition coefficient (Wildman–Crippen LogP) is 9.59. The molecule has 2 N–H and O–H groups in total. The van der Waals surface area contributed by atoms with Gasteiger partial charge in [-0.3, -0.25) is 0 Å². The van der Waals surface area contributed by atoms with Crippen LogP contribution >= 0.6 is 0 Å². The van der Waals surface area contributed by atoms with Gasteiger partial charge >= 0.3 is 0 Å². The Morgan fingerprint density at radius 1 is 0.400 bits per heavy atom. The van der Waals surface area contributed by atoms with Crippen LogP contribution in [0.15, 0.2) is 216 Å². The van der Waals surface area contributed by atoms with E-state index in [1.165, 1.54) is 11.1 Å². The Hall–Kier alpha value is -7.30. The van der Waals surface area contributed by atoms with Crippen LogP contribution in [0.2, 0.25) is 0 Å². The standard InChI is InChI=1S/C51H36N4/c1-6-16-34(17-7-1)32-39-40-33-52-51(39)50(38-24-14-5-15-25-38)46-31-30-45(55-46)49(37-22-12-4-13-23-37)44-29-28-43(54-44)48(36-20-10-3-11-21-36)42-27-26-41(53-42)47(40)35-18-8-2-9-19-35/h1-31,33,52,54H,32H2. The van der Waals surface area contributed by atoms with Gasteiger partial charge in [0.25, 0.3) is 0 Å². The first-order chi connectivity index (χ1) is 27.3. The summed E-state index contributed by atoms with van der Waals surface area (Å²) in [5, 5.41) is 1.98. The molecule has 5 aromatic carbocycles. The Bertz CT molecular complexity index is 2710. The molecule has 8 bridgehead atoms. The summed E-state index contributed by atoms with van der Waals surface area (Å²) < 4.78 is 0. The lowest BCUT2D eigenvalue weighted by molar-refractivity contribution is 1.16. The predicted molar refractivity (Wildman–Crippen MR) is 226 cm³/mol. The molecular formula is C51H36N4. The molecule has 7 aromatic rings. The Morgan fingerprint density at radius 3 is 1.31 bits per heavy atom. The largest absolute Gasteiger partial charge is 0.360 e. The summed E-state index contributed by atoms with van der Waals surface area (Å²) in [5.41, 5.74) is 16.8. The molecule has 0 spiro atoms. The molecule has 3 aliphatic heterocycles. The van der Waals surface area contributed by atoms with Crippen LogP contribution in [-0.4, -0.2) is 21.4 Å². The van der Waals surface area contributed by atoms with Crippen molar-refractivity contribution in [3.63, 3.8) is 0 Å². The molecule has 0 aliphatic carbocycles. The summed E-state index contributed by atoms with van der Waals surface area (Å²) in [7, 11) is 0. The second kappa shape index (κ2) is 13.9. The van der Waals surface area contributed by atoms with Crippen molar-refractivity contribution >= 4 is 33.7 Å². The molecule has 2 aromatic heterocycles. The van der Waals surface area contributed by atoms with Crippen molar-refractivity contribution in [1.29, 1.82) is 0 Å². The van der Waals surface area contributed by atoms with Gasteiger partial charge in [0.15, 0.2) is 0 Å². The second-order valence-electron chi connectivity index (χ2n) is 13.9. The smallest absolute Gasteiger partial charge is 0.0737 e. The highest BCUT2D eigenvalue weighted by Gasteiger charge is 2.27. The maximum absolute atomic E-state index is 5.50. The van der Waals surface area contributed by atoms with Gasteiger partial charge < -0.3 is 9.97 Å². The number of aliphatic imine (C=N–C) groups is 2. The molecule has 260 valence electrons. The molecule has 4 nitrogen and oxygen atoms in total. The Balaban J connectivity index is 1.36. The van der Waals surface area contributed by atoms with E-state index in [2.05, 4.69) is 204 Å². The van der Waals surface area contributed by atoms with Crippen molar-refractivity contribution in [3.8, 4) is 0 Å². The highest BCUT2D eigenvalue weighted by molar-refractivity contribution is 6.31. The van der Waals surface area contributed by atoms with Crippen molar-refractivity contribution in [3.05, 3.63) is 261 Å². The van der Waals surface area contributed by atoms with E-state index in [-0.39, 0.29) is 0 Å². The average molecular weight is 705 g/mol. The summed E-state index contributed by atoms with van der Waals surface area (Å²) in [5.74, 6) is 0. The number of hydrogen-bond donors (Lipinski definition) is 2. The number of nitrogens with one attached hydrogen (secondary N) is 2. The maximum Gasteiger partial charge on any atom is 0.0737 e. The summed E-state index contributed by atoms with van der Waals surface area (Å²) >= 11 is 0. The van der Waals surface area contributed by atoms with Gasteiger partial charge in [-0.25, -0.2) is 9.98 Å². The SMILES string of the molecule is C1=CC2=C(c3ccccc3)c3c[nH]c(c3Cc3ccccc3)C(c3ccccc3)=C3C=CC(=N3)C(c3ccccc3)=c3ccc([nH]3)=C(c3ccccc3)C1=N2. The lowest BCUT2D eigenvalue weighted by Crippen LogP contribution is -2.21.